The van der Waals surface area contributed by atoms with E-state index >= 15 is 0 Å². The van der Waals surface area contributed by atoms with Crippen LogP contribution in [0.1, 0.15) is 55.5 Å². The van der Waals surface area contributed by atoms with Gasteiger partial charge in [-0.2, -0.15) is 0 Å². The van der Waals surface area contributed by atoms with Gasteiger partial charge in [-0.25, -0.2) is 0 Å². The first-order valence-corrected chi connectivity index (χ1v) is 10.3. The van der Waals surface area contributed by atoms with Crippen molar-refractivity contribution in [2.75, 3.05) is 0 Å². The van der Waals surface area contributed by atoms with E-state index in [4.69, 9.17) is 9.72 Å². The number of benzene rings is 1. The van der Waals surface area contributed by atoms with E-state index in [1.165, 1.54) is 24.8 Å². The van der Waals surface area contributed by atoms with Gasteiger partial charge in [0.15, 0.2) is 5.75 Å². The Labute approximate surface area is 161 Å². The van der Waals surface area contributed by atoms with Gasteiger partial charge in [0, 0.05) is 12.1 Å². The van der Waals surface area contributed by atoms with Gasteiger partial charge in [-0.3, -0.25) is 9.78 Å². The minimum absolute atomic E-state index is 0.00145. The van der Waals surface area contributed by atoms with Gasteiger partial charge < -0.3 is 4.74 Å². The van der Waals surface area contributed by atoms with Crippen LogP contribution in [0.5, 0.6) is 5.75 Å². The number of pyridine rings is 1. The second-order valence-electron chi connectivity index (χ2n) is 9.15. The van der Waals surface area contributed by atoms with Crippen molar-refractivity contribution in [3.63, 3.8) is 0 Å². The van der Waals surface area contributed by atoms with Gasteiger partial charge in [0.25, 0.3) is 0 Å². The highest BCUT2D eigenvalue weighted by atomic mass is 16.5. The summed E-state index contributed by atoms with van der Waals surface area (Å²) in [6.45, 7) is 1.99. The Bertz CT molecular complexity index is 823. The van der Waals surface area contributed by atoms with Crippen LogP contribution in [-0.4, -0.2) is 11.0 Å². The highest BCUT2D eigenvalue weighted by molar-refractivity contribution is 5.80. The van der Waals surface area contributed by atoms with Crippen molar-refractivity contribution in [1.82, 2.24) is 4.98 Å². The summed E-state index contributed by atoms with van der Waals surface area (Å²) in [6, 6.07) is 14.1. The van der Waals surface area contributed by atoms with Gasteiger partial charge in [0.05, 0.1) is 11.1 Å². The predicted octanol–water partition coefficient (Wildman–Crippen LogP) is 5.10. The normalized spacial score (nSPS) is 31.1. The van der Waals surface area contributed by atoms with Crippen molar-refractivity contribution >= 4 is 5.97 Å². The van der Waals surface area contributed by atoms with Crippen LogP contribution in [0.15, 0.2) is 42.5 Å². The quantitative estimate of drug-likeness (QED) is 0.711. The highest BCUT2D eigenvalue weighted by Crippen LogP contribution is 2.60. The molecule has 1 aromatic heterocycles. The van der Waals surface area contributed by atoms with E-state index in [1.54, 1.807) is 0 Å². The molecule has 1 heterocycles. The molecule has 1 aromatic carbocycles. The molecule has 2 aromatic rings. The van der Waals surface area contributed by atoms with Crippen LogP contribution in [0, 0.1) is 30.1 Å². The lowest BCUT2D eigenvalue weighted by atomic mass is 9.49. The third-order valence-electron chi connectivity index (χ3n) is 6.96. The van der Waals surface area contributed by atoms with Crippen molar-refractivity contribution in [3.8, 4) is 5.75 Å². The van der Waals surface area contributed by atoms with Crippen LogP contribution in [-0.2, 0) is 11.2 Å². The first-order chi connectivity index (χ1) is 13.1. The summed E-state index contributed by atoms with van der Waals surface area (Å²) in [5, 5.41) is 0. The fourth-order valence-electron chi connectivity index (χ4n) is 6.18. The molecule has 6 rings (SSSR count). The molecule has 0 saturated heterocycles. The van der Waals surface area contributed by atoms with Crippen molar-refractivity contribution in [3.05, 3.63) is 59.4 Å². The number of nitrogens with zero attached hydrogens (tertiary/aromatic N) is 1. The smallest absolute Gasteiger partial charge is 0.317 e. The zero-order valence-electron chi connectivity index (χ0n) is 16.0. The van der Waals surface area contributed by atoms with Crippen LogP contribution in [0.2, 0.25) is 0 Å². The van der Waals surface area contributed by atoms with Crippen LogP contribution < -0.4 is 4.74 Å². The van der Waals surface area contributed by atoms with Crippen LogP contribution in [0.25, 0.3) is 0 Å². The van der Waals surface area contributed by atoms with E-state index in [1.807, 2.05) is 37.3 Å². The highest BCUT2D eigenvalue weighted by Gasteiger charge is 2.55. The van der Waals surface area contributed by atoms with E-state index in [9.17, 15) is 4.79 Å². The van der Waals surface area contributed by atoms with Gasteiger partial charge in [-0.1, -0.05) is 30.3 Å². The molecule has 140 valence electrons. The van der Waals surface area contributed by atoms with Crippen molar-refractivity contribution in [1.29, 1.82) is 0 Å². The number of ether oxygens (including phenoxy) is 1. The summed E-state index contributed by atoms with van der Waals surface area (Å²) in [4.78, 5) is 18.0. The van der Waals surface area contributed by atoms with Crippen molar-refractivity contribution < 1.29 is 9.53 Å². The number of hydrogen-bond acceptors (Lipinski definition) is 3. The fraction of sp³-hybridized carbons (Fsp3) is 0.500. The minimum atomic E-state index is -0.232. The Kier molecular flexibility index (Phi) is 4.07. The molecular weight excluding hydrogens is 334 g/mol. The predicted molar refractivity (Wildman–Crippen MR) is 104 cm³/mol. The van der Waals surface area contributed by atoms with E-state index in [2.05, 4.69) is 12.1 Å². The monoisotopic (exact) mass is 361 g/mol. The number of aryl methyl sites for hydroxylation is 1. The average molecular weight is 361 g/mol. The number of carbonyl (C=O) groups excluding carboxylic acids is 1. The van der Waals surface area contributed by atoms with Gasteiger partial charge in [-0.15, -0.1) is 0 Å². The first kappa shape index (κ1) is 17.0. The zero-order chi connectivity index (χ0) is 18.4. The summed E-state index contributed by atoms with van der Waals surface area (Å²) in [5.74, 6) is 2.86. The molecule has 4 aliphatic rings. The maximum atomic E-state index is 13.3. The van der Waals surface area contributed by atoms with Crippen LogP contribution >= 0.6 is 0 Å². The van der Waals surface area contributed by atoms with E-state index < -0.39 is 0 Å². The van der Waals surface area contributed by atoms with E-state index in [-0.39, 0.29) is 11.4 Å². The van der Waals surface area contributed by atoms with Crippen molar-refractivity contribution in [2.24, 2.45) is 23.2 Å². The van der Waals surface area contributed by atoms with Gasteiger partial charge in [0.2, 0.25) is 0 Å². The molecule has 0 N–H and O–H groups in total. The number of rotatable bonds is 4. The van der Waals surface area contributed by atoms with E-state index in [0.29, 0.717) is 12.2 Å². The molecule has 0 atom stereocenters. The number of esters is 1. The second-order valence-corrected chi connectivity index (χ2v) is 9.15. The fourth-order valence-corrected chi connectivity index (χ4v) is 6.18. The number of carbonyl (C=O) groups is 1. The molecule has 0 aliphatic heterocycles. The average Bonchev–Trinajstić information content (AvgIpc) is 2.63. The Morgan fingerprint density at radius 2 is 1.63 bits per heavy atom. The molecule has 0 amide bonds. The lowest BCUT2D eigenvalue weighted by Crippen LogP contribution is -2.51. The number of aromatic nitrogens is 1. The molecule has 0 spiro atoms. The summed E-state index contributed by atoms with van der Waals surface area (Å²) >= 11 is 0. The number of hydrogen-bond donors (Lipinski definition) is 0. The second kappa shape index (κ2) is 6.47. The molecule has 3 heteroatoms. The summed E-state index contributed by atoms with van der Waals surface area (Å²) in [7, 11) is 0. The third-order valence-corrected chi connectivity index (χ3v) is 6.96. The van der Waals surface area contributed by atoms with E-state index in [0.717, 1.165) is 48.4 Å². The SMILES string of the molecule is Cc1ccc(OC(=O)C23CC4CC(CC(C4)C2)C3)c(Cc2ccccc2)n1. The largest absolute Gasteiger partial charge is 0.424 e. The minimum Gasteiger partial charge on any atom is -0.424 e. The maximum absolute atomic E-state index is 13.3. The molecular formula is C24H27NO2. The molecule has 27 heavy (non-hydrogen) atoms. The zero-order valence-corrected chi connectivity index (χ0v) is 16.0. The Hall–Kier alpha value is -2.16. The maximum Gasteiger partial charge on any atom is 0.317 e. The molecule has 3 nitrogen and oxygen atoms in total. The summed E-state index contributed by atoms with van der Waals surface area (Å²) in [6.07, 6.45) is 7.78. The first-order valence-electron chi connectivity index (χ1n) is 10.3. The topological polar surface area (TPSA) is 39.2 Å². The standard InChI is InChI=1S/C24H27NO2/c1-16-7-8-22(21(25-16)12-17-5-3-2-4-6-17)27-23(26)24-13-18-9-19(14-24)11-20(10-18)15-24/h2-8,18-20H,9-15H2,1H3. The Morgan fingerprint density at radius 1 is 1.00 bits per heavy atom. The van der Waals surface area contributed by atoms with Crippen molar-refractivity contribution in [2.45, 2.75) is 51.9 Å². The van der Waals surface area contributed by atoms with Gasteiger partial charge in [-0.05, 0) is 80.9 Å². The lowest BCUT2D eigenvalue weighted by Gasteiger charge is -2.55. The summed E-state index contributed by atoms with van der Waals surface area (Å²) < 4.78 is 6.06. The molecule has 4 aliphatic carbocycles. The molecule has 4 fully saturated rings. The molecule has 4 bridgehead atoms. The van der Waals surface area contributed by atoms with Crippen LogP contribution in [0.4, 0.5) is 0 Å². The van der Waals surface area contributed by atoms with Gasteiger partial charge >= 0.3 is 5.97 Å². The molecule has 0 unspecified atom stereocenters. The Balaban J connectivity index is 1.40. The Morgan fingerprint density at radius 3 is 2.26 bits per heavy atom. The molecule has 4 saturated carbocycles. The summed E-state index contributed by atoms with van der Waals surface area (Å²) in [5.41, 5.74) is 2.77. The lowest BCUT2D eigenvalue weighted by molar-refractivity contribution is -0.161. The van der Waals surface area contributed by atoms with Gasteiger partial charge in [0.1, 0.15) is 0 Å². The van der Waals surface area contributed by atoms with Crippen LogP contribution in [0.3, 0.4) is 0 Å². The molecule has 0 radical (unpaired) electrons. The third kappa shape index (κ3) is 3.18.